The fraction of sp³-hybridized carbons (Fsp3) is 0.500. The van der Waals surface area contributed by atoms with Crippen LogP contribution >= 0.6 is 11.3 Å². The molecule has 2 atom stereocenters. The molecule has 2 aliphatic heterocycles. The van der Waals surface area contributed by atoms with Crippen LogP contribution in [-0.2, 0) is 10.0 Å². The number of pyridine rings is 1. The molecule has 2 aromatic heterocycles. The van der Waals surface area contributed by atoms with Gasteiger partial charge in [0, 0.05) is 37.8 Å². The Morgan fingerprint density at radius 3 is 2.64 bits per heavy atom. The number of sulfonamides is 1. The minimum atomic E-state index is -3.74. The average Bonchev–Trinajstić information content (AvgIpc) is 3.25. The first-order valence-corrected chi connectivity index (χ1v) is 11.5. The van der Waals surface area contributed by atoms with Gasteiger partial charge in [0.2, 0.25) is 10.0 Å². The number of hydrogen-bond acceptors (Lipinski definition) is 7. The quantitative estimate of drug-likeness (QED) is 0.732. The highest BCUT2D eigenvalue weighted by Gasteiger charge is 2.50. The van der Waals surface area contributed by atoms with E-state index < -0.39 is 10.0 Å². The number of hydrogen-bond donors (Lipinski definition) is 0. The van der Waals surface area contributed by atoms with Gasteiger partial charge in [-0.1, -0.05) is 0 Å². The van der Waals surface area contributed by atoms with Crippen LogP contribution in [0.1, 0.15) is 29.3 Å². The van der Waals surface area contributed by atoms with Crippen molar-refractivity contribution in [2.75, 3.05) is 25.0 Å². The zero-order valence-electron chi connectivity index (χ0n) is 16.2. The zero-order chi connectivity index (χ0) is 20.2. The van der Waals surface area contributed by atoms with Gasteiger partial charge < -0.3 is 9.80 Å². The molecule has 0 saturated carbocycles. The van der Waals surface area contributed by atoms with Crippen LogP contribution in [0.3, 0.4) is 0 Å². The van der Waals surface area contributed by atoms with Crippen LogP contribution in [-0.4, -0.2) is 71.8 Å². The second-order valence-corrected chi connectivity index (χ2v) is 10.3. The molecule has 2 aliphatic rings. The van der Waals surface area contributed by atoms with Gasteiger partial charge in [0.05, 0.1) is 17.1 Å². The first-order valence-electron chi connectivity index (χ1n) is 9.14. The molecule has 0 aromatic carbocycles. The molecular formula is C18H23N5O3S2. The number of thiazole rings is 1. The van der Waals surface area contributed by atoms with E-state index in [1.54, 1.807) is 32.9 Å². The molecule has 1 amide bonds. The molecule has 8 nitrogen and oxygen atoms in total. The van der Waals surface area contributed by atoms with Crippen LogP contribution in [0.2, 0.25) is 0 Å². The summed E-state index contributed by atoms with van der Waals surface area (Å²) in [6.07, 6.45) is 1.60. The molecule has 10 heteroatoms. The second-order valence-electron chi connectivity index (χ2n) is 7.46. The number of fused-ring (bicyclic) bond motifs is 2. The summed E-state index contributed by atoms with van der Waals surface area (Å²) >= 11 is 1.43. The van der Waals surface area contributed by atoms with E-state index in [9.17, 15) is 13.2 Å². The van der Waals surface area contributed by atoms with E-state index in [0.717, 1.165) is 5.01 Å². The van der Waals surface area contributed by atoms with Crippen LogP contribution < -0.4 is 4.90 Å². The molecule has 0 aliphatic carbocycles. The number of nitrogens with zero attached hydrogens (tertiary/aromatic N) is 5. The van der Waals surface area contributed by atoms with Gasteiger partial charge in [-0.3, -0.25) is 4.79 Å². The summed E-state index contributed by atoms with van der Waals surface area (Å²) < 4.78 is 28.4. The van der Waals surface area contributed by atoms with Crippen molar-refractivity contribution in [1.82, 2.24) is 19.2 Å². The molecule has 0 bridgehead atoms. The SMILES string of the molecule is Cc1nc(C(=O)N2C[C@@H]3[C@H](C2)N(C)c2ncccc2S(=O)(=O)N3C(C)C)cs1. The predicted octanol–water partition coefficient (Wildman–Crippen LogP) is 1.59. The molecule has 4 heterocycles. The van der Waals surface area contributed by atoms with E-state index >= 15 is 0 Å². The Balaban J connectivity index is 1.77. The topological polar surface area (TPSA) is 86.7 Å². The summed E-state index contributed by atoms with van der Waals surface area (Å²) in [5, 5.41) is 2.59. The van der Waals surface area contributed by atoms with Crippen LogP contribution in [0.15, 0.2) is 28.6 Å². The number of amides is 1. The number of rotatable bonds is 2. The van der Waals surface area contributed by atoms with E-state index in [4.69, 9.17) is 0 Å². The summed E-state index contributed by atoms with van der Waals surface area (Å²) in [6, 6.07) is 2.47. The monoisotopic (exact) mass is 421 g/mol. The van der Waals surface area contributed by atoms with Crippen molar-refractivity contribution in [3.05, 3.63) is 34.4 Å². The van der Waals surface area contributed by atoms with Crippen molar-refractivity contribution < 1.29 is 13.2 Å². The number of carbonyl (C=O) groups excluding carboxylic acids is 1. The van der Waals surface area contributed by atoms with Gasteiger partial charge in [-0.2, -0.15) is 4.31 Å². The van der Waals surface area contributed by atoms with Crippen molar-refractivity contribution in [3.63, 3.8) is 0 Å². The van der Waals surface area contributed by atoms with Gasteiger partial charge in [0.1, 0.15) is 16.4 Å². The Bertz CT molecular complexity index is 1020. The molecule has 150 valence electrons. The predicted molar refractivity (Wildman–Crippen MR) is 107 cm³/mol. The van der Waals surface area contributed by atoms with E-state index in [1.807, 2.05) is 32.7 Å². The molecule has 0 radical (unpaired) electrons. The summed E-state index contributed by atoms with van der Waals surface area (Å²) in [5.74, 6) is 0.271. The molecule has 0 unspecified atom stereocenters. The summed E-state index contributed by atoms with van der Waals surface area (Å²) in [7, 11) is -1.89. The van der Waals surface area contributed by atoms with Gasteiger partial charge in [0.25, 0.3) is 5.91 Å². The third kappa shape index (κ3) is 2.90. The lowest BCUT2D eigenvalue weighted by atomic mass is 10.1. The standard InChI is InChI=1S/C18H23N5O3S2/c1-11(2)23-15-9-22(18(24)13-10-27-12(3)20-13)8-14(15)21(4)17-16(28(23,25)26)6-5-7-19-17/h5-7,10-11,14-15H,8-9H2,1-4H3/t14-,15+/m0/s1. The summed E-state index contributed by atoms with van der Waals surface area (Å²) in [5.41, 5.74) is 0.416. The van der Waals surface area contributed by atoms with E-state index in [1.165, 1.54) is 11.3 Å². The van der Waals surface area contributed by atoms with Crippen LogP contribution in [0.25, 0.3) is 0 Å². The summed E-state index contributed by atoms with van der Waals surface area (Å²) in [6.45, 7) is 6.34. The Morgan fingerprint density at radius 2 is 2.00 bits per heavy atom. The normalized spacial score (nSPS) is 24.2. The number of aryl methyl sites for hydroxylation is 1. The van der Waals surface area contributed by atoms with Crippen molar-refractivity contribution in [2.45, 2.75) is 43.8 Å². The van der Waals surface area contributed by atoms with E-state index in [0.29, 0.717) is 24.6 Å². The van der Waals surface area contributed by atoms with Gasteiger partial charge in [0.15, 0.2) is 0 Å². The summed E-state index contributed by atoms with van der Waals surface area (Å²) in [4.78, 5) is 25.4. The number of carbonyl (C=O) groups is 1. The Kier molecular flexibility index (Phi) is 4.67. The highest BCUT2D eigenvalue weighted by atomic mass is 32.2. The maximum absolute atomic E-state index is 13.4. The average molecular weight is 422 g/mol. The third-order valence-electron chi connectivity index (χ3n) is 5.36. The lowest BCUT2D eigenvalue weighted by molar-refractivity contribution is 0.0776. The van der Waals surface area contributed by atoms with E-state index in [-0.39, 0.29) is 28.9 Å². The van der Waals surface area contributed by atoms with E-state index in [2.05, 4.69) is 9.97 Å². The Morgan fingerprint density at radius 1 is 1.29 bits per heavy atom. The smallest absolute Gasteiger partial charge is 0.273 e. The number of anilines is 1. The van der Waals surface area contributed by atoms with Gasteiger partial charge in [-0.25, -0.2) is 18.4 Å². The highest BCUT2D eigenvalue weighted by Crippen LogP contribution is 2.37. The molecule has 28 heavy (non-hydrogen) atoms. The fourth-order valence-electron chi connectivity index (χ4n) is 4.15. The van der Waals surface area contributed by atoms with Crippen LogP contribution in [0.5, 0.6) is 0 Å². The first kappa shape index (κ1) is 19.3. The van der Waals surface area contributed by atoms with Gasteiger partial charge in [-0.15, -0.1) is 11.3 Å². The van der Waals surface area contributed by atoms with Crippen molar-refractivity contribution in [2.24, 2.45) is 0 Å². The lowest BCUT2D eigenvalue weighted by Crippen LogP contribution is -2.52. The van der Waals surface area contributed by atoms with Gasteiger partial charge >= 0.3 is 0 Å². The molecule has 2 aromatic rings. The van der Waals surface area contributed by atoms with Crippen LogP contribution in [0, 0.1) is 6.92 Å². The highest BCUT2D eigenvalue weighted by molar-refractivity contribution is 7.89. The van der Waals surface area contributed by atoms with Gasteiger partial charge in [-0.05, 0) is 32.9 Å². The van der Waals surface area contributed by atoms with Crippen molar-refractivity contribution >= 4 is 33.1 Å². The minimum Gasteiger partial charge on any atom is -0.352 e. The number of likely N-dealkylation sites (N-methyl/N-ethyl adjacent to an activating group) is 1. The molecular weight excluding hydrogens is 398 g/mol. The Hall–Kier alpha value is -2.04. The number of aromatic nitrogens is 2. The molecule has 0 N–H and O–H groups in total. The van der Waals surface area contributed by atoms with Crippen LogP contribution in [0.4, 0.5) is 5.82 Å². The molecule has 1 saturated heterocycles. The first-order chi connectivity index (χ1) is 13.2. The second kappa shape index (κ2) is 6.78. The fourth-order valence-corrected chi connectivity index (χ4v) is 6.76. The Labute approximate surface area is 168 Å². The molecule has 1 fully saturated rings. The lowest BCUT2D eigenvalue weighted by Gasteiger charge is -2.33. The maximum atomic E-state index is 13.4. The van der Waals surface area contributed by atoms with Crippen molar-refractivity contribution in [3.8, 4) is 0 Å². The largest absolute Gasteiger partial charge is 0.352 e. The minimum absolute atomic E-state index is 0.159. The van der Waals surface area contributed by atoms with Crippen molar-refractivity contribution in [1.29, 1.82) is 0 Å². The molecule has 4 rings (SSSR count). The molecule has 0 spiro atoms. The zero-order valence-corrected chi connectivity index (χ0v) is 17.9. The maximum Gasteiger partial charge on any atom is 0.273 e. The third-order valence-corrected chi connectivity index (χ3v) is 8.25. The number of likely N-dealkylation sites (tertiary alicyclic amines) is 1.